The number of rotatable bonds is 5. The monoisotopic (exact) mass is 370 g/mol. The highest BCUT2D eigenvalue weighted by Gasteiger charge is 2.22. The first-order valence-corrected chi connectivity index (χ1v) is 9.06. The lowest BCUT2D eigenvalue weighted by atomic mass is 10.1. The van der Waals surface area contributed by atoms with Gasteiger partial charge in [0.15, 0.2) is 0 Å². The van der Waals surface area contributed by atoms with Gasteiger partial charge in [-0.15, -0.1) is 0 Å². The Morgan fingerprint density at radius 3 is 2.41 bits per heavy atom. The Balaban J connectivity index is 1.59. The minimum Gasteiger partial charge on any atom is -0.496 e. The zero-order valence-electron chi connectivity index (χ0n) is 16.4. The van der Waals surface area contributed by atoms with E-state index >= 15 is 0 Å². The molecule has 0 atom stereocenters. The van der Waals surface area contributed by atoms with Crippen LogP contribution in [0.4, 0.5) is 5.82 Å². The number of aryl methyl sites for hydroxylation is 2. The quantitative estimate of drug-likeness (QED) is 0.802. The van der Waals surface area contributed by atoms with Gasteiger partial charge in [-0.3, -0.25) is 4.79 Å². The second-order valence-corrected chi connectivity index (χ2v) is 6.66. The number of carbonyl (C=O) groups is 1. The molecular formula is C20H26N4O3. The van der Waals surface area contributed by atoms with Gasteiger partial charge in [-0.25, -0.2) is 4.98 Å². The lowest BCUT2D eigenvalue weighted by Gasteiger charge is -2.35. The Labute approximate surface area is 159 Å². The second-order valence-electron chi connectivity index (χ2n) is 6.66. The van der Waals surface area contributed by atoms with Crippen molar-refractivity contribution in [1.29, 1.82) is 0 Å². The summed E-state index contributed by atoms with van der Waals surface area (Å²) in [4.78, 5) is 25.5. The van der Waals surface area contributed by atoms with Crippen LogP contribution < -0.4 is 14.4 Å². The van der Waals surface area contributed by atoms with Gasteiger partial charge in [-0.1, -0.05) is 12.1 Å². The van der Waals surface area contributed by atoms with Crippen molar-refractivity contribution in [3.05, 3.63) is 41.2 Å². The van der Waals surface area contributed by atoms with Crippen LogP contribution in [-0.2, 0) is 11.2 Å². The number of amides is 1. The summed E-state index contributed by atoms with van der Waals surface area (Å²) in [5, 5.41) is 0. The average molecular weight is 370 g/mol. The van der Waals surface area contributed by atoms with E-state index in [0.29, 0.717) is 31.2 Å². The third kappa shape index (κ3) is 4.48. The zero-order chi connectivity index (χ0) is 19.4. The summed E-state index contributed by atoms with van der Waals surface area (Å²) in [7, 11) is 3.25. The molecule has 0 unspecified atom stereocenters. The molecule has 144 valence electrons. The van der Waals surface area contributed by atoms with Crippen LogP contribution in [0, 0.1) is 13.8 Å². The molecule has 0 bridgehead atoms. The van der Waals surface area contributed by atoms with E-state index in [-0.39, 0.29) is 5.91 Å². The van der Waals surface area contributed by atoms with Gasteiger partial charge >= 0.3 is 0 Å². The molecule has 7 nitrogen and oxygen atoms in total. The Morgan fingerprint density at radius 1 is 1.04 bits per heavy atom. The van der Waals surface area contributed by atoms with Crippen molar-refractivity contribution in [2.75, 3.05) is 45.3 Å². The molecule has 0 saturated carbocycles. The molecule has 1 aromatic heterocycles. The molecule has 0 radical (unpaired) electrons. The first-order chi connectivity index (χ1) is 13.0. The van der Waals surface area contributed by atoms with E-state index in [1.165, 1.54) is 0 Å². The molecule has 0 N–H and O–H groups in total. The minimum atomic E-state index is 0.149. The molecule has 3 rings (SSSR count). The summed E-state index contributed by atoms with van der Waals surface area (Å²) in [5.74, 6) is 3.08. The Kier molecular flexibility index (Phi) is 5.78. The third-order valence-corrected chi connectivity index (χ3v) is 4.78. The fourth-order valence-electron chi connectivity index (χ4n) is 3.31. The number of aromatic nitrogens is 2. The van der Waals surface area contributed by atoms with Crippen molar-refractivity contribution in [3.8, 4) is 11.6 Å². The van der Waals surface area contributed by atoms with Gasteiger partial charge in [-0.2, -0.15) is 4.98 Å². The van der Waals surface area contributed by atoms with Crippen molar-refractivity contribution in [1.82, 2.24) is 14.9 Å². The van der Waals surface area contributed by atoms with Gasteiger partial charge in [0.05, 0.1) is 20.6 Å². The second kappa shape index (κ2) is 8.24. The summed E-state index contributed by atoms with van der Waals surface area (Å²) >= 11 is 0. The molecule has 1 aliphatic rings. The maximum absolute atomic E-state index is 12.7. The first-order valence-electron chi connectivity index (χ1n) is 9.06. The summed E-state index contributed by atoms with van der Waals surface area (Å²) in [5.41, 5.74) is 2.05. The van der Waals surface area contributed by atoms with Crippen LogP contribution in [0.5, 0.6) is 11.6 Å². The predicted octanol–water partition coefficient (Wildman–Crippen LogP) is 2.00. The molecule has 0 aliphatic carbocycles. The van der Waals surface area contributed by atoms with E-state index in [1.54, 1.807) is 14.2 Å². The molecular weight excluding hydrogens is 344 g/mol. The summed E-state index contributed by atoms with van der Waals surface area (Å²) in [6, 6.07) is 7.73. The van der Waals surface area contributed by atoms with Crippen molar-refractivity contribution in [2.24, 2.45) is 0 Å². The van der Waals surface area contributed by atoms with Crippen LogP contribution in [0.25, 0.3) is 0 Å². The van der Waals surface area contributed by atoms with Gasteiger partial charge in [0.25, 0.3) is 0 Å². The van der Waals surface area contributed by atoms with E-state index < -0.39 is 0 Å². The Hall–Kier alpha value is -2.83. The van der Waals surface area contributed by atoms with E-state index in [4.69, 9.17) is 9.47 Å². The van der Waals surface area contributed by atoms with Crippen LogP contribution in [0.15, 0.2) is 24.3 Å². The molecule has 2 heterocycles. The number of hydrogen-bond acceptors (Lipinski definition) is 6. The van der Waals surface area contributed by atoms with Crippen LogP contribution >= 0.6 is 0 Å². The first kappa shape index (κ1) is 18.9. The van der Waals surface area contributed by atoms with Crippen LogP contribution in [-0.4, -0.2) is 61.2 Å². The van der Waals surface area contributed by atoms with Crippen molar-refractivity contribution >= 4 is 11.7 Å². The van der Waals surface area contributed by atoms with Crippen molar-refractivity contribution in [2.45, 2.75) is 20.3 Å². The fourth-order valence-corrected chi connectivity index (χ4v) is 3.31. The molecule has 0 spiro atoms. The molecule has 7 heteroatoms. The number of piperazine rings is 1. The van der Waals surface area contributed by atoms with Crippen molar-refractivity contribution < 1.29 is 14.3 Å². The highest BCUT2D eigenvalue weighted by molar-refractivity contribution is 5.79. The molecule has 1 amide bonds. The largest absolute Gasteiger partial charge is 0.496 e. The third-order valence-electron chi connectivity index (χ3n) is 4.78. The van der Waals surface area contributed by atoms with Gasteiger partial charge in [-0.05, 0) is 31.0 Å². The van der Waals surface area contributed by atoms with E-state index in [0.717, 1.165) is 35.8 Å². The highest BCUT2D eigenvalue weighted by atomic mass is 16.5. The summed E-state index contributed by atoms with van der Waals surface area (Å²) < 4.78 is 10.5. The highest BCUT2D eigenvalue weighted by Crippen LogP contribution is 2.21. The fraction of sp³-hybridized carbons (Fsp3) is 0.450. The predicted molar refractivity (Wildman–Crippen MR) is 104 cm³/mol. The van der Waals surface area contributed by atoms with E-state index in [9.17, 15) is 4.79 Å². The number of anilines is 1. The number of nitrogens with zero attached hydrogens (tertiary/aromatic N) is 4. The average Bonchev–Trinajstić information content (AvgIpc) is 2.67. The summed E-state index contributed by atoms with van der Waals surface area (Å²) in [6.45, 7) is 6.69. The molecule has 1 saturated heterocycles. The smallest absolute Gasteiger partial charge is 0.227 e. The Morgan fingerprint density at radius 2 is 1.78 bits per heavy atom. The van der Waals surface area contributed by atoms with E-state index in [2.05, 4.69) is 14.9 Å². The normalized spacial score (nSPS) is 14.2. The number of benzene rings is 1. The standard InChI is InChI=1S/C20H26N4O3/c1-14-11-16(5-6-17(14)26-3)12-20(25)24-9-7-23(8-10-24)18-13-19(27-4)22-15(2)21-18/h5-6,11,13H,7-10,12H2,1-4H3. The van der Waals surface area contributed by atoms with Gasteiger partial charge in [0, 0.05) is 32.2 Å². The molecule has 27 heavy (non-hydrogen) atoms. The number of carbonyl (C=O) groups excluding carboxylic acids is 1. The Bertz CT molecular complexity index is 817. The molecule has 1 fully saturated rings. The lowest BCUT2D eigenvalue weighted by molar-refractivity contribution is -0.130. The minimum absolute atomic E-state index is 0.149. The number of methoxy groups -OCH3 is 2. The van der Waals surface area contributed by atoms with Gasteiger partial charge in [0.2, 0.25) is 11.8 Å². The SMILES string of the molecule is COc1cc(N2CCN(C(=O)Cc3ccc(OC)c(C)c3)CC2)nc(C)n1. The number of hydrogen-bond donors (Lipinski definition) is 0. The molecule has 1 aromatic carbocycles. The van der Waals surface area contributed by atoms with Gasteiger partial charge in [0.1, 0.15) is 17.4 Å². The van der Waals surface area contributed by atoms with Crippen LogP contribution in [0.3, 0.4) is 0 Å². The van der Waals surface area contributed by atoms with Crippen LogP contribution in [0.1, 0.15) is 17.0 Å². The molecule has 1 aliphatic heterocycles. The van der Waals surface area contributed by atoms with Gasteiger partial charge < -0.3 is 19.3 Å². The maximum atomic E-state index is 12.7. The maximum Gasteiger partial charge on any atom is 0.227 e. The lowest BCUT2D eigenvalue weighted by Crippen LogP contribution is -2.49. The van der Waals surface area contributed by atoms with E-state index in [1.807, 2.05) is 43.0 Å². The van der Waals surface area contributed by atoms with Crippen molar-refractivity contribution in [3.63, 3.8) is 0 Å². The molecule has 2 aromatic rings. The zero-order valence-corrected chi connectivity index (χ0v) is 16.4. The topological polar surface area (TPSA) is 67.8 Å². The summed E-state index contributed by atoms with van der Waals surface area (Å²) in [6.07, 6.45) is 0.408. The van der Waals surface area contributed by atoms with Crippen LogP contribution in [0.2, 0.25) is 0 Å². The number of ether oxygens (including phenoxy) is 2.